The number of nitrogens with two attached hydrogens (primary N) is 1. The lowest BCUT2D eigenvalue weighted by molar-refractivity contribution is -0.131. The number of carbonyl (C=O) groups is 3. The van der Waals surface area contributed by atoms with Crippen LogP contribution in [-0.4, -0.2) is 34.9 Å². The number of primary amides is 1. The summed E-state index contributed by atoms with van der Waals surface area (Å²) < 4.78 is 11.4. The van der Waals surface area contributed by atoms with E-state index >= 15 is 0 Å². The predicted molar refractivity (Wildman–Crippen MR) is 158 cm³/mol. The van der Waals surface area contributed by atoms with Gasteiger partial charge >= 0.3 is 6.09 Å². The molecule has 0 saturated heterocycles. The second kappa shape index (κ2) is 13.5. The van der Waals surface area contributed by atoms with E-state index in [1.54, 1.807) is 0 Å². The highest BCUT2D eigenvalue weighted by atomic mass is 16.6. The number of nitrogens with one attached hydrogen (secondary N) is 1. The Bertz CT molecular complexity index is 1510. The van der Waals surface area contributed by atoms with Gasteiger partial charge in [0.1, 0.15) is 31.0 Å². The van der Waals surface area contributed by atoms with Crippen molar-refractivity contribution in [2.75, 3.05) is 0 Å². The molecule has 3 amide bonds. The Hall–Kier alpha value is -5.11. The van der Waals surface area contributed by atoms with Crippen LogP contribution in [0.25, 0.3) is 0 Å². The Labute approximate surface area is 245 Å². The average molecular weight is 564 g/mol. The van der Waals surface area contributed by atoms with Crippen LogP contribution in [0.2, 0.25) is 0 Å². The largest absolute Gasteiger partial charge is 0.489 e. The maximum Gasteiger partial charge on any atom is 0.411 e. The van der Waals surface area contributed by atoms with Gasteiger partial charge in [0.25, 0.3) is 0 Å². The zero-order valence-corrected chi connectivity index (χ0v) is 23.1. The fourth-order valence-corrected chi connectivity index (χ4v) is 4.94. The van der Waals surface area contributed by atoms with Crippen molar-refractivity contribution in [3.8, 4) is 5.75 Å². The Kier molecular flexibility index (Phi) is 9.13. The maximum absolute atomic E-state index is 13.6. The van der Waals surface area contributed by atoms with E-state index in [1.165, 1.54) is 4.90 Å². The molecule has 0 radical (unpaired) electrons. The van der Waals surface area contributed by atoms with Gasteiger partial charge in [0.15, 0.2) is 0 Å². The molecule has 0 unspecified atom stereocenters. The van der Waals surface area contributed by atoms with E-state index in [4.69, 9.17) is 15.2 Å². The molecule has 1 aliphatic heterocycles. The summed E-state index contributed by atoms with van der Waals surface area (Å²) in [6.45, 7) is 0.740. The van der Waals surface area contributed by atoms with Crippen molar-refractivity contribution in [1.82, 2.24) is 10.2 Å². The Balaban J connectivity index is 1.25. The van der Waals surface area contributed by atoms with E-state index in [-0.39, 0.29) is 19.6 Å². The molecule has 5 rings (SSSR count). The highest BCUT2D eigenvalue weighted by Gasteiger charge is 2.37. The minimum atomic E-state index is -0.965. The first kappa shape index (κ1) is 28.4. The first-order valence-corrected chi connectivity index (χ1v) is 13.9. The van der Waals surface area contributed by atoms with Crippen molar-refractivity contribution >= 4 is 17.9 Å². The molecule has 8 nitrogen and oxygen atoms in total. The molecule has 0 bridgehead atoms. The van der Waals surface area contributed by atoms with Crippen molar-refractivity contribution in [1.29, 1.82) is 0 Å². The molecule has 1 aliphatic rings. The van der Waals surface area contributed by atoms with Crippen LogP contribution in [0.15, 0.2) is 109 Å². The fourth-order valence-electron chi connectivity index (χ4n) is 4.94. The van der Waals surface area contributed by atoms with Gasteiger partial charge in [-0.05, 0) is 39.9 Å². The maximum atomic E-state index is 13.6. The summed E-state index contributed by atoms with van der Waals surface area (Å²) in [5.41, 5.74) is 10.3. The molecule has 0 aromatic heterocycles. The van der Waals surface area contributed by atoms with E-state index in [1.807, 2.05) is 109 Å². The van der Waals surface area contributed by atoms with Gasteiger partial charge in [0.2, 0.25) is 11.8 Å². The second-order valence-corrected chi connectivity index (χ2v) is 10.2. The van der Waals surface area contributed by atoms with E-state index < -0.39 is 30.0 Å². The minimum Gasteiger partial charge on any atom is -0.489 e. The minimum absolute atomic E-state index is 0.0845. The van der Waals surface area contributed by atoms with E-state index in [0.717, 1.165) is 27.8 Å². The Morgan fingerprint density at radius 3 is 2.00 bits per heavy atom. The summed E-state index contributed by atoms with van der Waals surface area (Å²) in [5.74, 6) is -0.442. The highest BCUT2D eigenvalue weighted by molar-refractivity contribution is 5.91. The number of ether oxygens (including phenoxy) is 2. The lowest BCUT2D eigenvalue weighted by Crippen LogP contribution is -2.56. The van der Waals surface area contributed by atoms with Crippen molar-refractivity contribution in [3.05, 3.63) is 137 Å². The molecule has 8 heteroatoms. The van der Waals surface area contributed by atoms with Crippen molar-refractivity contribution in [2.45, 2.75) is 44.7 Å². The third-order valence-corrected chi connectivity index (χ3v) is 7.26. The van der Waals surface area contributed by atoms with Crippen LogP contribution < -0.4 is 15.8 Å². The molecule has 214 valence electrons. The molecule has 0 aliphatic carbocycles. The van der Waals surface area contributed by atoms with Gasteiger partial charge in [-0.1, -0.05) is 97.1 Å². The third kappa shape index (κ3) is 7.34. The summed E-state index contributed by atoms with van der Waals surface area (Å²) in [6, 6.07) is 32.4. The Morgan fingerprint density at radius 2 is 1.36 bits per heavy atom. The number of hydrogen-bond acceptors (Lipinski definition) is 5. The van der Waals surface area contributed by atoms with Crippen LogP contribution >= 0.6 is 0 Å². The molecule has 2 atom stereocenters. The van der Waals surface area contributed by atoms with Crippen LogP contribution in [0.5, 0.6) is 5.75 Å². The molecule has 4 aromatic carbocycles. The molecule has 0 spiro atoms. The molecule has 0 fully saturated rings. The number of carbonyl (C=O) groups excluding carboxylic acids is 3. The van der Waals surface area contributed by atoms with Crippen molar-refractivity contribution < 1.29 is 23.9 Å². The third-order valence-electron chi connectivity index (χ3n) is 7.26. The zero-order valence-electron chi connectivity index (χ0n) is 23.1. The average Bonchev–Trinajstić information content (AvgIpc) is 3.03. The van der Waals surface area contributed by atoms with Gasteiger partial charge in [-0.2, -0.15) is 0 Å². The van der Waals surface area contributed by atoms with Gasteiger partial charge in [-0.15, -0.1) is 0 Å². The number of amides is 3. The monoisotopic (exact) mass is 563 g/mol. The standard InChI is InChI=1S/C34H33N3O5/c35-32(38)30(19-24-15-17-29(18-16-24)41-22-25-9-3-1-4-10-25)36-33(39)31-20-27-13-7-8-14-28(27)21-37(31)34(40)42-23-26-11-5-2-6-12-26/h1-18,30-31H,19-23H2,(H2,35,38)(H,36,39)/t30-,31-/m0/s1. The van der Waals surface area contributed by atoms with E-state index in [9.17, 15) is 14.4 Å². The summed E-state index contributed by atoms with van der Waals surface area (Å²) >= 11 is 0. The van der Waals surface area contributed by atoms with E-state index in [0.29, 0.717) is 18.8 Å². The fraction of sp³-hybridized carbons (Fsp3) is 0.206. The first-order chi connectivity index (χ1) is 20.5. The number of rotatable bonds is 10. The molecular weight excluding hydrogens is 530 g/mol. The number of hydrogen-bond donors (Lipinski definition) is 2. The summed E-state index contributed by atoms with van der Waals surface area (Å²) in [4.78, 5) is 40.6. The topological polar surface area (TPSA) is 111 Å². The first-order valence-electron chi connectivity index (χ1n) is 13.9. The quantitative estimate of drug-likeness (QED) is 0.294. The lowest BCUT2D eigenvalue weighted by atomic mass is 9.93. The molecule has 4 aromatic rings. The number of fused-ring (bicyclic) bond motifs is 1. The molecule has 3 N–H and O–H groups in total. The van der Waals surface area contributed by atoms with Gasteiger partial charge in [0, 0.05) is 12.8 Å². The van der Waals surface area contributed by atoms with Gasteiger partial charge in [0.05, 0.1) is 6.54 Å². The second-order valence-electron chi connectivity index (χ2n) is 10.2. The van der Waals surface area contributed by atoms with Crippen molar-refractivity contribution in [2.24, 2.45) is 5.73 Å². The van der Waals surface area contributed by atoms with Crippen LogP contribution in [0.3, 0.4) is 0 Å². The normalized spacial score (nSPS) is 14.8. The van der Waals surface area contributed by atoms with Crippen LogP contribution in [0.1, 0.15) is 27.8 Å². The SMILES string of the molecule is NC(=O)[C@H](Cc1ccc(OCc2ccccc2)cc1)NC(=O)[C@@H]1Cc2ccccc2CN1C(=O)OCc1ccccc1. The molecular formula is C34H33N3O5. The van der Waals surface area contributed by atoms with Crippen LogP contribution in [0, 0.1) is 0 Å². The smallest absolute Gasteiger partial charge is 0.411 e. The molecule has 1 heterocycles. The predicted octanol–water partition coefficient (Wildman–Crippen LogP) is 4.54. The summed E-state index contributed by atoms with van der Waals surface area (Å²) in [5, 5.41) is 2.79. The number of nitrogens with zero attached hydrogens (tertiary/aromatic N) is 1. The molecule has 42 heavy (non-hydrogen) atoms. The van der Waals surface area contributed by atoms with Gasteiger partial charge in [-0.25, -0.2) is 4.79 Å². The Morgan fingerprint density at radius 1 is 0.762 bits per heavy atom. The van der Waals surface area contributed by atoms with Crippen LogP contribution in [0.4, 0.5) is 4.79 Å². The zero-order chi connectivity index (χ0) is 29.3. The summed E-state index contributed by atoms with van der Waals surface area (Å²) in [7, 11) is 0. The number of benzene rings is 4. The van der Waals surface area contributed by atoms with E-state index in [2.05, 4.69) is 5.32 Å². The highest BCUT2D eigenvalue weighted by Crippen LogP contribution is 2.25. The van der Waals surface area contributed by atoms with Gasteiger partial charge < -0.3 is 20.5 Å². The van der Waals surface area contributed by atoms with Gasteiger partial charge in [-0.3, -0.25) is 14.5 Å². The van der Waals surface area contributed by atoms with Crippen molar-refractivity contribution in [3.63, 3.8) is 0 Å². The summed E-state index contributed by atoms with van der Waals surface area (Å²) in [6.07, 6.45) is -0.112. The lowest BCUT2D eigenvalue weighted by Gasteiger charge is -2.35. The molecule has 0 saturated carbocycles. The van der Waals surface area contributed by atoms with Crippen LogP contribution in [-0.2, 0) is 46.9 Å².